The van der Waals surface area contributed by atoms with Crippen LogP contribution in [0.5, 0.6) is 5.75 Å². The molecule has 0 aliphatic carbocycles. The van der Waals surface area contributed by atoms with Gasteiger partial charge in [-0.25, -0.2) is 0 Å². The summed E-state index contributed by atoms with van der Waals surface area (Å²) >= 11 is 16.1. The van der Waals surface area contributed by atoms with Crippen LogP contribution in [-0.4, -0.2) is 35.9 Å². The van der Waals surface area contributed by atoms with E-state index in [4.69, 9.17) is 27.9 Å². The van der Waals surface area contributed by atoms with Crippen molar-refractivity contribution in [3.05, 3.63) is 97.9 Å². The number of hydrogen-bond donors (Lipinski definition) is 1. The largest absolute Gasteiger partial charge is 0.483 e. The van der Waals surface area contributed by atoms with Gasteiger partial charge in [-0.2, -0.15) is 0 Å². The predicted molar refractivity (Wildman–Crippen MR) is 158 cm³/mol. The number of carbonyl (C=O) groups excluding carboxylic acids is 2. The zero-order valence-electron chi connectivity index (χ0n) is 21.8. The van der Waals surface area contributed by atoms with E-state index in [2.05, 4.69) is 35.1 Å². The van der Waals surface area contributed by atoms with Gasteiger partial charge in [0.05, 0.1) is 4.47 Å². The van der Waals surface area contributed by atoms with Crippen molar-refractivity contribution in [2.75, 3.05) is 13.2 Å². The molecule has 5 nitrogen and oxygen atoms in total. The van der Waals surface area contributed by atoms with Gasteiger partial charge >= 0.3 is 0 Å². The zero-order chi connectivity index (χ0) is 27.7. The molecule has 1 unspecified atom stereocenters. The van der Waals surface area contributed by atoms with E-state index in [0.717, 1.165) is 22.0 Å². The molecule has 0 fully saturated rings. The number of hydrogen-bond acceptors (Lipinski definition) is 3. The monoisotopic (exact) mass is 618 g/mol. The van der Waals surface area contributed by atoms with E-state index in [1.807, 2.05) is 55.5 Å². The van der Waals surface area contributed by atoms with Gasteiger partial charge in [0, 0.05) is 29.6 Å². The van der Waals surface area contributed by atoms with Gasteiger partial charge < -0.3 is 15.0 Å². The fraction of sp³-hybridized carbons (Fsp3) is 0.333. The second kappa shape index (κ2) is 14.6. The van der Waals surface area contributed by atoms with Gasteiger partial charge in [0.1, 0.15) is 11.8 Å². The van der Waals surface area contributed by atoms with E-state index in [1.165, 1.54) is 0 Å². The Morgan fingerprint density at radius 3 is 2.39 bits per heavy atom. The summed E-state index contributed by atoms with van der Waals surface area (Å²) < 4.78 is 6.71. The minimum absolute atomic E-state index is 0.128. The summed E-state index contributed by atoms with van der Waals surface area (Å²) in [5.41, 5.74) is 2.79. The molecule has 0 spiro atoms. The Hall–Kier alpha value is -2.54. The Labute approximate surface area is 243 Å². The molecular formula is C30H33BrCl2N2O3. The van der Waals surface area contributed by atoms with E-state index in [1.54, 1.807) is 23.1 Å². The average molecular weight is 620 g/mol. The fourth-order valence-corrected chi connectivity index (χ4v) is 4.95. The lowest BCUT2D eigenvalue weighted by atomic mass is 10.0. The van der Waals surface area contributed by atoms with Gasteiger partial charge in [-0.3, -0.25) is 9.59 Å². The van der Waals surface area contributed by atoms with Crippen LogP contribution in [-0.2, 0) is 22.6 Å². The SMILES string of the molecule is CCCNC(=O)C(Cc1ccccc1)N(Cc1ccc(Cl)cc1Cl)C(=O)COc1ccc(C(C)C)cc1Br. The van der Waals surface area contributed by atoms with E-state index in [0.29, 0.717) is 40.2 Å². The van der Waals surface area contributed by atoms with E-state index in [9.17, 15) is 9.59 Å². The van der Waals surface area contributed by atoms with Crippen molar-refractivity contribution >= 4 is 50.9 Å². The first-order valence-electron chi connectivity index (χ1n) is 12.7. The summed E-state index contributed by atoms with van der Waals surface area (Å²) in [6.45, 7) is 6.61. The first-order valence-corrected chi connectivity index (χ1v) is 14.2. The summed E-state index contributed by atoms with van der Waals surface area (Å²) in [6.07, 6.45) is 1.13. The number of rotatable bonds is 12. The number of carbonyl (C=O) groups is 2. The molecule has 0 aliphatic heterocycles. The molecule has 3 aromatic carbocycles. The third-order valence-electron chi connectivity index (χ3n) is 6.15. The van der Waals surface area contributed by atoms with E-state index >= 15 is 0 Å². The molecule has 3 aromatic rings. The molecule has 0 heterocycles. The minimum atomic E-state index is -0.765. The van der Waals surface area contributed by atoms with Crippen molar-refractivity contribution in [2.24, 2.45) is 0 Å². The van der Waals surface area contributed by atoms with Gasteiger partial charge in [-0.05, 0) is 69.2 Å². The zero-order valence-corrected chi connectivity index (χ0v) is 24.9. The third-order valence-corrected chi connectivity index (χ3v) is 7.36. The van der Waals surface area contributed by atoms with Gasteiger partial charge in [-0.1, -0.05) is 86.4 Å². The predicted octanol–water partition coefficient (Wildman–Crippen LogP) is 7.42. The van der Waals surface area contributed by atoms with Crippen molar-refractivity contribution < 1.29 is 14.3 Å². The summed E-state index contributed by atoms with van der Waals surface area (Å²) in [5.74, 6) is 0.365. The summed E-state index contributed by atoms with van der Waals surface area (Å²) in [7, 11) is 0. The highest BCUT2D eigenvalue weighted by Crippen LogP contribution is 2.29. The van der Waals surface area contributed by atoms with Crippen LogP contribution in [0.4, 0.5) is 0 Å². The summed E-state index contributed by atoms with van der Waals surface area (Å²) in [5, 5.41) is 3.88. The fourth-order valence-electron chi connectivity index (χ4n) is 3.97. The number of halogens is 3. The van der Waals surface area contributed by atoms with Crippen LogP contribution in [0.1, 0.15) is 49.8 Å². The van der Waals surface area contributed by atoms with Crippen LogP contribution in [0.2, 0.25) is 10.0 Å². The molecule has 0 aliphatic rings. The van der Waals surface area contributed by atoms with Crippen LogP contribution in [0.15, 0.2) is 71.2 Å². The summed E-state index contributed by atoms with van der Waals surface area (Å²) in [4.78, 5) is 28.7. The average Bonchev–Trinajstić information content (AvgIpc) is 2.90. The van der Waals surface area contributed by atoms with Crippen LogP contribution in [0.3, 0.4) is 0 Å². The van der Waals surface area contributed by atoms with E-state index < -0.39 is 6.04 Å². The first-order chi connectivity index (χ1) is 18.2. The topological polar surface area (TPSA) is 58.6 Å². The highest BCUT2D eigenvalue weighted by atomic mass is 79.9. The number of nitrogens with one attached hydrogen (secondary N) is 1. The van der Waals surface area contributed by atoms with Gasteiger partial charge in [0.25, 0.3) is 5.91 Å². The molecule has 1 N–H and O–H groups in total. The molecule has 0 radical (unpaired) electrons. The van der Waals surface area contributed by atoms with Crippen LogP contribution >= 0.6 is 39.1 Å². The Balaban J connectivity index is 1.92. The number of ether oxygens (including phenoxy) is 1. The Morgan fingerprint density at radius 1 is 1.03 bits per heavy atom. The number of nitrogens with zero attached hydrogens (tertiary/aromatic N) is 1. The molecule has 8 heteroatoms. The maximum atomic E-state index is 13.7. The standard InChI is InChI=1S/C30H33BrCl2N2O3/c1-4-14-34-30(37)27(15-21-8-6-5-7-9-21)35(18-23-10-12-24(32)17-26(23)33)29(36)19-38-28-13-11-22(20(2)3)16-25(28)31/h5-13,16-17,20,27H,4,14-15,18-19H2,1-3H3,(H,34,37). The van der Waals surface area contributed by atoms with Crippen LogP contribution in [0.25, 0.3) is 0 Å². The molecule has 3 rings (SSSR count). The highest BCUT2D eigenvalue weighted by molar-refractivity contribution is 9.10. The molecule has 0 saturated heterocycles. The summed E-state index contributed by atoms with van der Waals surface area (Å²) in [6, 6.07) is 19.8. The third kappa shape index (κ3) is 8.48. The van der Waals surface area contributed by atoms with Crippen LogP contribution in [0, 0.1) is 0 Å². The molecule has 0 bridgehead atoms. The Bertz CT molecular complexity index is 1240. The van der Waals surface area contributed by atoms with Crippen molar-refractivity contribution in [1.82, 2.24) is 10.2 Å². The maximum absolute atomic E-state index is 13.7. The van der Waals surface area contributed by atoms with Gasteiger partial charge in [0.2, 0.25) is 5.91 Å². The van der Waals surface area contributed by atoms with Crippen LogP contribution < -0.4 is 10.1 Å². The van der Waals surface area contributed by atoms with Crippen molar-refractivity contribution in [1.29, 1.82) is 0 Å². The molecule has 38 heavy (non-hydrogen) atoms. The second-order valence-electron chi connectivity index (χ2n) is 9.39. The van der Waals surface area contributed by atoms with Crippen molar-refractivity contribution in [3.63, 3.8) is 0 Å². The number of benzene rings is 3. The number of amides is 2. The molecule has 2 amide bonds. The molecular weight excluding hydrogens is 587 g/mol. The normalized spacial score (nSPS) is 11.8. The van der Waals surface area contributed by atoms with E-state index in [-0.39, 0.29) is 25.0 Å². The second-order valence-corrected chi connectivity index (χ2v) is 11.1. The molecule has 202 valence electrons. The molecule has 0 saturated carbocycles. The lowest BCUT2D eigenvalue weighted by Gasteiger charge is -2.31. The lowest BCUT2D eigenvalue weighted by Crippen LogP contribution is -2.51. The lowest BCUT2D eigenvalue weighted by molar-refractivity contribution is -0.142. The Kier molecular flexibility index (Phi) is 11.5. The van der Waals surface area contributed by atoms with Gasteiger partial charge in [0.15, 0.2) is 6.61 Å². The minimum Gasteiger partial charge on any atom is -0.483 e. The van der Waals surface area contributed by atoms with Gasteiger partial charge in [-0.15, -0.1) is 0 Å². The smallest absolute Gasteiger partial charge is 0.261 e. The first kappa shape index (κ1) is 30.0. The Morgan fingerprint density at radius 2 is 1.76 bits per heavy atom. The highest BCUT2D eigenvalue weighted by Gasteiger charge is 2.31. The quantitative estimate of drug-likeness (QED) is 0.229. The van der Waals surface area contributed by atoms with Crippen molar-refractivity contribution in [2.45, 2.75) is 52.1 Å². The molecule has 1 atom stereocenters. The van der Waals surface area contributed by atoms with Crippen molar-refractivity contribution in [3.8, 4) is 5.75 Å². The maximum Gasteiger partial charge on any atom is 0.261 e. The molecule has 0 aromatic heterocycles.